The van der Waals surface area contributed by atoms with E-state index in [0.717, 1.165) is 9.96 Å². The molecule has 0 aliphatic carbocycles. The Morgan fingerprint density at radius 1 is 1.27 bits per heavy atom. The molecule has 2 aromatic rings. The number of amides is 3. The Morgan fingerprint density at radius 3 is 2.76 bits per heavy atom. The highest BCUT2D eigenvalue weighted by molar-refractivity contribution is 6.31. The zero-order valence-corrected chi connectivity index (χ0v) is 20.6. The lowest BCUT2D eigenvalue weighted by Crippen LogP contribution is -2.48. The van der Waals surface area contributed by atoms with Gasteiger partial charge in [0, 0.05) is 13.6 Å². The zero-order chi connectivity index (χ0) is 27.1. The van der Waals surface area contributed by atoms with Crippen LogP contribution in [0.3, 0.4) is 0 Å². The third-order valence-electron chi connectivity index (χ3n) is 5.72. The van der Waals surface area contributed by atoms with Gasteiger partial charge in [-0.3, -0.25) is 10.5 Å². The van der Waals surface area contributed by atoms with E-state index in [4.69, 9.17) is 16.3 Å². The first-order valence-corrected chi connectivity index (χ1v) is 11.6. The van der Waals surface area contributed by atoms with Crippen LogP contribution in [0.4, 0.5) is 18.4 Å². The van der Waals surface area contributed by atoms with E-state index < -0.39 is 42.5 Å². The Morgan fingerprint density at radius 2 is 2.03 bits per heavy atom. The van der Waals surface area contributed by atoms with Crippen LogP contribution < -0.4 is 10.6 Å². The molecule has 0 saturated carbocycles. The quantitative estimate of drug-likeness (QED) is 0.330. The highest BCUT2D eigenvalue weighted by Crippen LogP contribution is 2.23. The molecule has 13 heteroatoms. The van der Waals surface area contributed by atoms with Crippen LogP contribution in [0.5, 0.6) is 0 Å². The number of rotatable bonds is 9. The molecule has 0 unspecified atom stereocenters. The van der Waals surface area contributed by atoms with Crippen LogP contribution >= 0.6 is 11.6 Å². The average molecular weight is 541 g/mol. The van der Waals surface area contributed by atoms with E-state index in [1.54, 1.807) is 6.07 Å². The summed E-state index contributed by atoms with van der Waals surface area (Å²) in [7, 11) is 1.39. The average Bonchev–Trinajstić information content (AvgIpc) is 2.87. The minimum Gasteiger partial charge on any atom is -0.447 e. The lowest BCUT2D eigenvalue weighted by molar-refractivity contribution is -0.0704. The van der Waals surface area contributed by atoms with Gasteiger partial charge in [-0.25, -0.2) is 23.4 Å². The van der Waals surface area contributed by atoms with Crippen molar-refractivity contribution in [2.24, 2.45) is 0 Å². The normalized spacial score (nSPS) is 14.2. The number of urea groups is 1. The van der Waals surface area contributed by atoms with Crippen LogP contribution in [-0.4, -0.2) is 69.9 Å². The molecule has 0 fully saturated rings. The van der Waals surface area contributed by atoms with E-state index in [9.17, 15) is 33.8 Å². The maximum atomic E-state index is 13.6. The Labute approximate surface area is 216 Å². The number of nitrogens with one attached hydrogen (secondary N) is 2. The molecule has 1 heterocycles. The Hall–Kier alpha value is -3.45. The Balaban J connectivity index is 1.61. The number of likely N-dealkylation sites (N-methyl/N-ethyl adjacent to an activating group) is 1. The second-order valence-corrected chi connectivity index (χ2v) is 8.74. The van der Waals surface area contributed by atoms with Gasteiger partial charge >= 0.3 is 12.1 Å². The molecular weight excluding hydrogens is 514 g/mol. The van der Waals surface area contributed by atoms with Crippen molar-refractivity contribution in [1.82, 2.24) is 20.6 Å². The third-order valence-corrected chi connectivity index (χ3v) is 6.14. The van der Waals surface area contributed by atoms with Crippen molar-refractivity contribution in [3.63, 3.8) is 0 Å². The first kappa shape index (κ1) is 28.1. The number of carbonyl (C=O) groups is 2. The van der Waals surface area contributed by atoms with Gasteiger partial charge in [-0.05, 0) is 47.4 Å². The van der Waals surface area contributed by atoms with Crippen molar-refractivity contribution >= 4 is 29.8 Å². The maximum absolute atomic E-state index is 13.6. The topological polar surface area (TPSA) is 135 Å². The lowest BCUT2D eigenvalue weighted by atomic mass is 10.0. The van der Waals surface area contributed by atoms with Gasteiger partial charge in [-0.15, -0.1) is 0 Å². The highest BCUT2D eigenvalue weighted by atomic mass is 35.5. The van der Waals surface area contributed by atoms with Gasteiger partial charge in [0.2, 0.25) is 0 Å². The van der Waals surface area contributed by atoms with E-state index in [-0.39, 0.29) is 37.0 Å². The number of halogens is 3. The van der Waals surface area contributed by atoms with Crippen LogP contribution in [0.2, 0.25) is 5.02 Å². The van der Waals surface area contributed by atoms with E-state index in [1.807, 2.05) is 0 Å². The molecule has 0 saturated heterocycles. The molecule has 2 aromatic carbocycles. The van der Waals surface area contributed by atoms with Crippen molar-refractivity contribution in [3.8, 4) is 0 Å². The first-order valence-electron chi connectivity index (χ1n) is 11.2. The molecule has 3 amide bonds. The van der Waals surface area contributed by atoms with E-state index in [1.165, 1.54) is 43.5 Å². The largest absolute Gasteiger partial charge is 0.447 e. The summed E-state index contributed by atoms with van der Waals surface area (Å²) < 4.78 is 32.4. The van der Waals surface area contributed by atoms with Crippen molar-refractivity contribution in [2.45, 2.75) is 31.7 Å². The van der Waals surface area contributed by atoms with Crippen LogP contribution in [0.1, 0.15) is 23.1 Å². The number of aliphatic hydroxyl groups is 2. The van der Waals surface area contributed by atoms with Crippen LogP contribution in [0.15, 0.2) is 42.2 Å². The molecule has 37 heavy (non-hydrogen) atoms. The fourth-order valence-electron chi connectivity index (χ4n) is 3.60. The summed E-state index contributed by atoms with van der Waals surface area (Å²) in [5.41, 5.74) is 1.47. The van der Waals surface area contributed by atoms with E-state index >= 15 is 0 Å². The number of hydrogen-bond donors (Lipinski definition) is 5. The summed E-state index contributed by atoms with van der Waals surface area (Å²) in [5.74, 6) is -1.16. The molecule has 0 spiro atoms. The van der Waals surface area contributed by atoms with E-state index in [0.29, 0.717) is 16.7 Å². The van der Waals surface area contributed by atoms with Crippen LogP contribution in [0, 0.1) is 11.6 Å². The molecule has 0 aromatic heterocycles. The predicted octanol–water partition coefficient (Wildman–Crippen LogP) is 2.80. The first-order chi connectivity index (χ1) is 17.6. The van der Waals surface area contributed by atoms with Gasteiger partial charge in [0.05, 0.1) is 30.3 Å². The minimum atomic E-state index is -1.20. The summed E-state index contributed by atoms with van der Waals surface area (Å²) in [4.78, 5) is 26.2. The minimum absolute atomic E-state index is 0.00524. The number of hydroxylamine groups is 2. The molecule has 2 atom stereocenters. The number of ether oxygens (including phenoxy) is 1. The number of nitrogens with zero attached hydrogens (tertiary/aromatic N) is 2. The second-order valence-electron chi connectivity index (χ2n) is 8.36. The summed E-state index contributed by atoms with van der Waals surface area (Å²) >= 11 is 5.91. The van der Waals surface area contributed by atoms with Crippen molar-refractivity contribution in [2.75, 3.05) is 20.3 Å². The Kier molecular flexibility index (Phi) is 9.64. The second kappa shape index (κ2) is 12.7. The standard InChI is InChI=1S/C24H27ClF2N4O6/c1-30(23(34)28-10-14-3-2-4-20(27)22(14)25)18(9-19(33)12-32)13-37-24(35)29-21-8-16-7-17(26)6-5-15(16)11-31(21)36/h2-8,18-19,32-33,36H,9-13H2,1H3,(H,28,34)(H,29,35)/t18-,19-/m0/s1. The van der Waals surface area contributed by atoms with Gasteiger partial charge in [0.25, 0.3) is 0 Å². The smallest absolute Gasteiger partial charge is 0.412 e. The van der Waals surface area contributed by atoms with Crippen molar-refractivity contribution in [3.05, 3.63) is 75.6 Å². The lowest BCUT2D eigenvalue weighted by Gasteiger charge is -2.30. The number of fused-ring (bicyclic) bond motifs is 1. The molecule has 0 radical (unpaired) electrons. The fraction of sp³-hybridized carbons (Fsp3) is 0.333. The molecule has 10 nitrogen and oxygen atoms in total. The van der Waals surface area contributed by atoms with Crippen LogP contribution in [0.25, 0.3) is 6.08 Å². The molecule has 0 bridgehead atoms. The highest BCUT2D eigenvalue weighted by Gasteiger charge is 2.26. The summed E-state index contributed by atoms with van der Waals surface area (Å²) in [6, 6.07) is 6.71. The molecule has 5 N–H and O–H groups in total. The van der Waals surface area contributed by atoms with Gasteiger partial charge in [-0.1, -0.05) is 29.8 Å². The zero-order valence-electron chi connectivity index (χ0n) is 19.8. The molecule has 3 rings (SSSR count). The van der Waals surface area contributed by atoms with Gasteiger partial charge < -0.3 is 25.2 Å². The fourth-order valence-corrected chi connectivity index (χ4v) is 3.79. The number of alkyl carbamates (subject to hydrolysis) is 1. The number of carbonyl (C=O) groups excluding carboxylic acids is 2. The van der Waals surface area contributed by atoms with Crippen LogP contribution in [-0.2, 0) is 17.8 Å². The molecule has 1 aliphatic heterocycles. The Bertz CT molecular complexity index is 1170. The third kappa shape index (κ3) is 7.52. The predicted molar refractivity (Wildman–Crippen MR) is 129 cm³/mol. The monoisotopic (exact) mass is 540 g/mol. The van der Waals surface area contributed by atoms with Gasteiger partial charge in [0.15, 0.2) is 0 Å². The van der Waals surface area contributed by atoms with Gasteiger partial charge in [0.1, 0.15) is 24.1 Å². The molecular formula is C24H27ClF2N4O6. The number of benzene rings is 2. The summed E-state index contributed by atoms with van der Waals surface area (Å²) in [6.07, 6.45) is -0.942. The summed E-state index contributed by atoms with van der Waals surface area (Å²) in [6.45, 7) is -1.04. The molecule has 1 aliphatic rings. The number of aliphatic hydroxyl groups excluding tert-OH is 2. The van der Waals surface area contributed by atoms with Gasteiger partial charge in [-0.2, -0.15) is 0 Å². The summed E-state index contributed by atoms with van der Waals surface area (Å²) in [5, 5.41) is 34.8. The molecule has 200 valence electrons. The SMILES string of the molecule is CN(C(=O)NCc1cccc(F)c1Cl)[C@H](COC(=O)NC1=Cc2cc(F)ccc2CN1O)C[C@H](O)CO. The van der Waals surface area contributed by atoms with E-state index in [2.05, 4.69) is 10.6 Å². The maximum Gasteiger partial charge on any atom is 0.412 e. The van der Waals surface area contributed by atoms with Crippen molar-refractivity contribution in [1.29, 1.82) is 0 Å². The van der Waals surface area contributed by atoms with Crippen molar-refractivity contribution < 1.29 is 38.5 Å². The number of hydrogen-bond acceptors (Lipinski definition) is 7.